The topological polar surface area (TPSA) is 26.0 Å². The highest BCUT2D eigenvalue weighted by Crippen LogP contribution is 2.36. The summed E-state index contributed by atoms with van der Waals surface area (Å²) in [7, 11) is 0. The molecule has 0 aliphatic heterocycles. The summed E-state index contributed by atoms with van der Waals surface area (Å²) in [5.41, 5.74) is 0. The fourth-order valence-electron chi connectivity index (χ4n) is 1.15. The summed E-state index contributed by atoms with van der Waals surface area (Å²) in [5, 5.41) is 0.266. The van der Waals surface area contributed by atoms with Crippen LogP contribution in [0, 0.1) is 0 Å². The molecule has 1 aromatic heterocycles. The third kappa shape index (κ3) is 0.926. The molecule has 3 heteroatoms. The summed E-state index contributed by atoms with van der Waals surface area (Å²) < 4.78 is 5.14. The maximum atomic E-state index is 5.51. The Morgan fingerprint density at radius 2 is 2.40 bits per heavy atom. The second-order valence-electron chi connectivity index (χ2n) is 2.64. The van der Waals surface area contributed by atoms with Gasteiger partial charge in [-0.1, -0.05) is 6.42 Å². The van der Waals surface area contributed by atoms with E-state index in [9.17, 15) is 0 Å². The van der Waals surface area contributed by atoms with Crippen molar-refractivity contribution in [1.82, 2.24) is 4.98 Å². The van der Waals surface area contributed by atoms with Crippen LogP contribution >= 0.6 is 11.6 Å². The molecule has 0 atom stereocenters. The maximum Gasteiger partial charge on any atom is 0.292 e. The minimum atomic E-state index is 0.266. The zero-order valence-corrected chi connectivity index (χ0v) is 6.27. The molecule has 0 spiro atoms. The van der Waals surface area contributed by atoms with Crippen LogP contribution in [0.1, 0.15) is 30.9 Å². The van der Waals surface area contributed by atoms with Gasteiger partial charge in [0.25, 0.3) is 5.35 Å². The second-order valence-corrected chi connectivity index (χ2v) is 2.97. The van der Waals surface area contributed by atoms with Crippen LogP contribution in [-0.4, -0.2) is 4.98 Å². The summed E-state index contributed by atoms with van der Waals surface area (Å²) in [5.74, 6) is 1.55. The van der Waals surface area contributed by atoms with Crippen LogP contribution < -0.4 is 0 Å². The van der Waals surface area contributed by atoms with Crippen molar-refractivity contribution in [1.29, 1.82) is 0 Å². The van der Waals surface area contributed by atoms with E-state index in [1.165, 1.54) is 19.3 Å². The van der Waals surface area contributed by atoms with Crippen LogP contribution in [0.5, 0.6) is 0 Å². The standard InChI is InChI=1S/C7H8ClNO/c8-7-9-4-6(10-7)5-2-1-3-5/h4-5H,1-3H2. The molecule has 0 N–H and O–H groups in total. The molecule has 2 rings (SSSR count). The first kappa shape index (κ1) is 6.23. The van der Waals surface area contributed by atoms with Gasteiger partial charge in [-0.25, -0.2) is 4.98 Å². The third-order valence-corrected chi connectivity index (χ3v) is 2.18. The van der Waals surface area contributed by atoms with E-state index in [1.807, 2.05) is 0 Å². The zero-order chi connectivity index (χ0) is 6.97. The lowest BCUT2D eigenvalue weighted by atomic mass is 9.84. The van der Waals surface area contributed by atoms with Crippen molar-refractivity contribution in [2.75, 3.05) is 0 Å². The van der Waals surface area contributed by atoms with E-state index in [1.54, 1.807) is 6.20 Å². The minimum absolute atomic E-state index is 0.266. The highest BCUT2D eigenvalue weighted by Gasteiger charge is 2.22. The van der Waals surface area contributed by atoms with Gasteiger partial charge in [0, 0.05) is 5.92 Å². The molecule has 0 saturated heterocycles. The van der Waals surface area contributed by atoms with Gasteiger partial charge in [-0.15, -0.1) is 0 Å². The van der Waals surface area contributed by atoms with Gasteiger partial charge in [-0.05, 0) is 24.4 Å². The van der Waals surface area contributed by atoms with E-state index < -0.39 is 0 Å². The molecular formula is C7H8ClNO. The van der Waals surface area contributed by atoms with Crippen LogP contribution in [0.25, 0.3) is 0 Å². The van der Waals surface area contributed by atoms with Crippen molar-refractivity contribution in [3.8, 4) is 0 Å². The molecule has 1 aliphatic rings. The number of hydrogen-bond acceptors (Lipinski definition) is 2. The smallest absolute Gasteiger partial charge is 0.292 e. The first-order valence-electron chi connectivity index (χ1n) is 3.47. The first-order chi connectivity index (χ1) is 4.86. The van der Waals surface area contributed by atoms with Crippen molar-refractivity contribution in [3.05, 3.63) is 17.3 Å². The molecule has 0 aromatic carbocycles. The average Bonchev–Trinajstić information content (AvgIpc) is 2.10. The molecule has 1 saturated carbocycles. The maximum absolute atomic E-state index is 5.51. The molecule has 0 unspecified atom stereocenters. The van der Waals surface area contributed by atoms with Gasteiger partial charge in [0.1, 0.15) is 5.76 Å². The van der Waals surface area contributed by atoms with Crippen LogP contribution in [0.3, 0.4) is 0 Å². The zero-order valence-electron chi connectivity index (χ0n) is 5.51. The normalized spacial score (nSPS) is 18.9. The monoisotopic (exact) mass is 157 g/mol. The SMILES string of the molecule is Clc1ncc(C2CCC2)o1. The molecule has 10 heavy (non-hydrogen) atoms. The summed E-state index contributed by atoms with van der Waals surface area (Å²) in [6.45, 7) is 0. The first-order valence-corrected chi connectivity index (χ1v) is 3.85. The van der Waals surface area contributed by atoms with Gasteiger partial charge >= 0.3 is 0 Å². The van der Waals surface area contributed by atoms with Gasteiger partial charge < -0.3 is 4.42 Å². The van der Waals surface area contributed by atoms with E-state index in [4.69, 9.17) is 16.0 Å². The van der Waals surface area contributed by atoms with Gasteiger partial charge in [0.2, 0.25) is 0 Å². The van der Waals surface area contributed by atoms with Crippen LogP contribution in [0.4, 0.5) is 0 Å². The lowest BCUT2D eigenvalue weighted by Crippen LogP contribution is -2.07. The average molecular weight is 158 g/mol. The van der Waals surface area contributed by atoms with Crippen molar-refractivity contribution >= 4 is 11.6 Å². The summed E-state index contributed by atoms with van der Waals surface area (Å²) in [4.78, 5) is 3.82. The molecule has 0 radical (unpaired) electrons. The lowest BCUT2D eigenvalue weighted by molar-refractivity contribution is 0.346. The van der Waals surface area contributed by atoms with Crippen molar-refractivity contribution in [2.45, 2.75) is 25.2 Å². The summed E-state index contributed by atoms with van der Waals surface area (Å²) >= 11 is 5.51. The Balaban J connectivity index is 2.17. The molecule has 0 bridgehead atoms. The van der Waals surface area contributed by atoms with Crippen molar-refractivity contribution in [3.63, 3.8) is 0 Å². The summed E-state index contributed by atoms with van der Waals surface area (Å²) in [6.07, 6.45) is 5.49. The molecule has 2 nitrogen and oxygen atoms in total. The van der Waals surface area contributed by atoms with Gasteiger partial charge in [0.05, 0.1) is 6.20 Å². The molecule has 1 heterocycles. The quantitative estimate of drug-likeness (QED) is 0.626. The van der Waals surface area contributed by atoms with Crippen LogP contribution in [0.2, 0.25) is 5.35 Å². The predicted molar refractivity (Wildman–Crippen MR) is 38.1 cm³/mol. The predicted octanol–water partition coefficient (Wildman–Crippen LogP) is 2.60. The lowest BCUT2D eigenvalue weighted by Gasteiger charge is -2.21. The molecule has 1 fully saturated rings. The third-order valence-electron chi connectivity index (χ3n) is 2.00. The molecule has 54 valence electrons. The van der Waals surface area contributed by atoms with Crippen LogP contribution in [-0.2, 0) is 0 Å². The fourth-order valence-corrected chi connectivity index (χ4v) is 1.28. The van der Waals surface area contributed by atoms with Gasteiger partial charge in [0.15, 0.2) is 0 Å². The number of aromatic nitrogens is 1. The van der Waals surface area contributed by atoms with E-state index in [0.717, 1.165) is 5.76 Å². The Labute approximate surface area is 64.2 Å². The molecular weight excluding hydrogens is 150 g/mol. The van der Waals surface area contributed by atoms with Crippen molar-refractivity contribution in [2.24, 2.45) is 0 Å². The second kappa shape index (κ2) is 2.27. The Morgan fingerprint density at radius 3 is 2.80 bits per heavy atom. The van der Waals surface area contributed by atoms with Crippen LogP contribution in [0.15, 0.2) is 10.6 Å². The fraction of sp³-hybridized carbons (Fsp3) is 0.571. The minimum Gasteiger partial charge on any atom is -0.433 e. The largest absolute Gasteiger partial charge is 0.433 e. The Hall–Kier alpha value is -0.500. The Morgan fingerprint density at radius 1 is 1.60 bits per heavy atom. The highest BCUT2D eigenvalue weighted by molar-refractivity contribution is 6.27. The number of rotatable bonds is 1. The van der Waals surface area contributed by atoms with Gasteiger partial charge in [-0.2, -0.15) is 0 Å². The number of nitrogens with zero attached hydrogens (tertiary/aromatic N) is 1. The summed E-state index contributed by atoms with van der Waals surface area (Å²) in [6, 6.07) is 0. The van der Waals surface area contributed by atoms with Gasteiger partial charge in [-0.3, -0.25) is 0 Å². The number of hydrogen-bond donors (Lipinski definition) is 0. The van der Waals surface area contributed by atoms with Crippen molar-refractivity contribution < 1.29 is 4.42 Å². The number of halogens is 1. The molecule has 1 aromatic rings. The van der Waals surface area contributed by atoms with E-state index in [2.05, 4.69) is 4.98 Å². The molecule has 1 aliphatic carbocycles. The Bertz CT molecular complexity index is 229. The van der Waals surface area contributed by atoms with E-state index in [0.29, 0.717) is 5.92 Å². The number of oxazole rings is 1. The molecule has 0 amide bonds. The van der Waals surface area contributed by atoms with E-state index >= 15 is 0 Å². The Kier molecular flexibility index (Phi) is 1.42. The van der Waals surface area contributed by atoms with E-state index in [-0.39, 0.29) is 5.35 Å². The highest BCUT2D eigenvalue weighted by atomic mass is 35.5.